The molecule has 18 heteroatoms. The summed E-state index contributed by atoms with van der Waals surface area (Å²) < 4.78 is 41.4. The summed E-state index contributed by atoms with van der Waals surface area (Å²) in [5.74, 6) is -0.928. The zero-order valence-electron chi connectivity index (χ0n) is 29.8. The predicted molar refractivity (Wildman–Crippen MR) is 194 cm³/mol. The number of carbonyl (C=O) groups excluding carboxylic acids is 2. The van der Waals surface area contributed by atoms with E-state index in [9.17, 15) is 37.8 Å². The van der Waals surface area contributed by atoms with Gasteiger partial charge in [0, 0.05) is 37.9 Å². The Balaban J connectivity index is 1.28. The Labute approximate surface area is 312 Å². The number of aliphatic hydroxyl groups is 1. The van der Waals surface area contributed by atoms with E-state index in [1.807, 2.05) is 23.8 Å². The molecule has 3 N–H and O–H groups in total. The minimum absolute atomic E-state index is 0.0150. The Kier molecular flexibility index (Phi) is 9.89. The summed E-state index contributed by atoms with van der Waals surface area (Å²) in [5.41, 5.74) is -0.219. The predicted octanol–water partition coefficient (Wildman–Crippen LogP) is 4.31. The summed E-state index contributed by atoms with van der Waals surface area (Å²) in [7, 11) is 1.83. The van der Waals surface area contributed by atoms with Crippen molar-refractivity contribution in [3.63, 3.8) is 0 Å². The number of rotatable bonds is 8. The summed E-state index contributed by atoms with van der Waals surface area (Å²) in [5, 5.41) is 23.0. The first-order valence-corrected chi connectivity index (χ1v) is 18.1. The largest absolute Gasteiger partial charge is 0.504 e. The number of halogens is 4. The van der Waals surface area contributed by atoms with Crippen molar-refractivity contribution in [1.29, 1.82) is 0 Å². The van der Waals surface area contributed by atoms with Crippen molar-refractivity contribution in [2.24, 2.45) is 0 Å². The van der Waals surface area contributed by atoms with E-state index >= 15 is 0 Å². The van der Waals surface area contributed by atoms with E-state index in [-0.39, 0.29) is 76.8 Å². The average molecular weight is 770 g/mol. The van der Waals surface area contributed by atoms with E-state index in [0.717, 1.165) is 24.6 Å². The fourth-order valence-corrected chi connectivity index (χ4v) is 8.07. The van der Waals surface area contributed by atoms with Gasteiger partial charge < -0.3 is 34.8 Å². The number of aliphatic hydroxyl groups excluding tert-OH is 1. The van der Waals surface area contributed by atoms with Crippen LogP contribution >= 0.6 is 11.6 Å². The number of aryl methyl sites for hydroxylation is 1. The second-order valence-corrected chi connectivity index (χ2v) is 14.4. The molecule has 4 atom stereocenters. The fraction of sp³-hybridized carbons (Fsp3) is 0.472. The molecule has 4 aromatic rings. The first kappa shape index (κ1) is 37.3. The lowest BCUT2D eigenvalue weighted by Crippen LogP contribution is -2.67. The van der Waals surface area contributed by atoms with Gasteiger partial charge in [0.2, 0.25) is 11.3 Å². The topological polar surface area (TPSA) is 170 Å². The number of fused-ring (bicyclic) bond motifs is 2. The standard InChI is InChI=1S/C36H39ClF3N9O5/c1-4-24-31(47-11-12-48(26-10-9-25(26)47)35(54)30-32(52)18(2)42-17-43-30)33(53)29-34(41-15-27(45-29)46(3)20-6-7-21(50)14-20)49(24)16-28(51)44-23-8-5-19(13-22(23)37)36(38,39)40/h5,8,13,15,17,20-21,25-26,50,52H,4,6-7,9-12,14,16H2,1-3H3,(H,44,51)/t20-,21-,25-,26-/m0/s1. The number of nitrogens with one attached hydrogen (secondary N) is 1. The molecule has 1 aromatic carbocycles. The van der Waals surface area contributed by atoms with Gasteiger partial charge in [0.25, 0.3) is 5.91 Å². The van der Waals surface area contributed by atoms with Gasteiger partial charge in [0.05, 0.1) is 40.3 Å². The normalized spacial score (nSPS) is 21.2. The lowest BCUT2D eigenvalue weighted by atomic mass is 9.81. The number of benzene rings is 1. The van der Waals surface area contributed by atoms with Crippen molar-refractivity contribution in [3.05, 3.63) is 68.6 Å². The zero-order valence-corrected chi connectivity index (χ0v) is 30.5. The molecule has 0 bridgehead atoms. The van der Waals surface area contributed by atoms with Crippen LogP contribution in [0.4, 0.5) is 30.4 Å². The van der Waals surface area contributed by atoms with Crippen molar-refractivity contribution >= 4 is 51.8 Å². The van der Waals surface area contributed by atoms with Gasteiger partial charge in [-0.1, -0.05) is 18.5 Å². The number of nitrogens with zero attached hydrogens (tertiary/aromatic N) is 8. The lowest BCUT2D eigenvalue weighted by molar-refractivity contribution is -0.137. The number of aromatic nitrogens is 5. The third kappa shape index (κ3) is 6.67. The van der Waals surface area contributed by atoms with Crippen LogP contribution in [0.3, 0.4) is 0 Å². The van der Waals surface area contributed by atoms with Crippen LogP contribution in [0.15, 0.2) is 35.5 Å². The number of alkyl halides is 3. The van der Waals surface area contributed by atoms with Crippen molar-refractivity contribution < 1.29 is 33.0 Å². The maximum Gasteiger partial charge on any atom is 0.416 e. The molecule has 286 valence electrons. The Bertz CT molecular complexity index is 2200. The highest BCUT2D eigenvalue weighted by Gasteiger charge is 2.47. The number of carbonyl (C=O) groups is 2. The minimum atomic E-state index is -4.62. The van der Waals surface area contributed by atoms with Gasteiger partial charge in [-0.15, -0.1) is 0 Å². The van der Waals surface area contributed by atoms with Gasteiger partial charge in [-0.25, -0.2) is 19.9 Å². The molecule has 0 unspecified atom stereocenters. The molecule has 2 amide bonds. The van der Waals surface area contributed by atoms with Crippen LogP contribution in [0.2, 0.25) is 5.02 Å². The van der Waals surface area contributed by atoms with E-state index in [4.69, 9.17) is 16.6 Å². The van der Waals surface area contributed by atoms with E-state index in [1.165, 1.54) is 12.5 Å². The maximum atomic E-state index is 14.7. The maximum absolute atomic E-state index is 14.7. The SMILES string of the molecule is CCc1c(N2CCN(C(=O)c3ncnc(C)c3O)[C@H]3CC[C@@H]32)c(=O)c2nc(N(C)[C@H]3CC[C@H](O)C3)cnc2n1CC(=O)Nc1ccc(C(F)(F)F)cc1Cl. The molecule has 1 saturated heterocycles. The van der Waals surface area contributed by atoms with Crippen LogP contribution < -0.4 is 20.5 Å². The second-order valence-electron chi connectivity index (χ2n) is 14.0. The Morgan fingerprint density at radius 2 is 1.85 bits per heavy atom. The highest BCUT2D eigenvalue weighted by molar-refractivity contribution is 6.33. The second kappa shape index (κ2) is 14.3. The summed E-state index contributed by atoms with van der Waals surface area (Å²) in [6.07, 6.45) is 1.19. The highest BCUT2D eigenvalue weighted by Crippen LogP contribution is 2.39. The van der Waals surface area contributed by atoms with E-state index in [2.05, 4.69) is 20.3 Å². The number of aromatic hydroxyl groups is 1. The summed E-state index contributed by atoms with van der Waals surface area (Å²) in [6, 6.07) is 2.06. The first-order chi connectivity index (χ1) is 25.7. The number of hydrogen-bond donors (Lipinski definition) is 3. The van der Waals surface area contributed by atoms with Gasteiger partial charge in [0.1, 0.15) is 24.4 Å². The van der Waals surface area contributed by atoms with Gasteiger partial charge in [-0.05, 0) is 63.6 Å². The molecule has 54 heavy (non-hydrogen) atoms. The number of amides is 2. The van der Waals surface area contributed by atoms with Gasteiger partial charge in [0.15, 0.2) is 22.6 Å². The quantitative estimate of drug-likeness (QED) is 0.234. The molecule has 0 radical (unpaired) electrons. The monoisotopic (exact) mass is 769 g/mol. The van der Waals surface area contributed by atoms with E-state index in [0.29, 0.717) is 49.3 Å². The van der Waals surface area contributed by atoms with Crippen LogP contribution in [0.25, 0.3) is 11.2 Å². The number of anilines is 3. The Morgan fingerprint density at radius 3 is 2.50 bits per heavy atom. The van der Waals surface area contributed by atoms with Gasteiger partial charge in [-0.3, -0.25) is 14.4 Å². The minimum Gasteiger partial charge on any atom is -0.504 e. The summed E-state index contributed by atoms with van der Waals surface area (Å²) in [4.78, 5) is 65.0. The number of piperazine rings is 1. The van der Waals surface area contributed by atoms with Gasteiger partial charge >= 0.3 is 6.18 Å². The molecule has 2 saturated carbocycles. The third-order valence-electron chi connectivity index (χ3n) is 10.9. The number of pyridine rings is 1. The Hall–Kier alpha value is -5.03. The third-order valence-corrected chi connectivity index (χ3v) is 11.2. The zero-order chi connectivity index (χ0) is 38.6. The molecule has 0 spiro atoms. The van der Waals surface area contributed by atoms with E-state index in [1.54, 1.807) is 16.4 Å². The smallest absolute Gasteiger partial charge is 0.416 e. The lowest BCUT2D eigenvalue weighted by Gasteiger charge is -2.54. The molecule has 2 aliphatic carbocycles. The highest BCUT2D eigenvalue weighted by atomic mass is 35.5. The van der Waals surface area contributed by atoms with Crippen molar-refractivity contribution in [2.75, 3.05) is 35.3 Å². The molecule has 4 heterocycles. The first-order valence-electron chi connectivity index (χ1n) is 17.8. The van der Waals surface area contributed by atoms with Crippen LogP contribution in [0, 0.1) is 6.92 Å². The Morgan fingerprint density at radius 1 is 1.09 bits per heavy atom. The number of hydrogen-bond acceptors (Lipinski definition) is 11. The van der Waals surface area contributed by atoms with Crippen molar-refractivity contribution in [2.45, 2.75) is 89.3 Å². The van der Waals surface area contributed by atoms with Gasteiger partial charge in [-0.2, -0.15) is 13.2 Å². The molecule has 3 fully saturated rings. The molecular weight excluding hydrogens is 731 g/mol. The summed E-state index contributed by atoms with van der Waals surface area (Å²) in [6.45, 7) is 3.52. The molecular formula is C36H39ClF3N9O5. The molecule has 14 nitrogen and oxygen atoms in total. The molecule has 1 aliphatic heterocycles. The van der Waals surface area contributed by atoms with Crippen LogP contribution in [-0.4, -0.2) is 95.8 Å². The average Bonchev–Trinajstić information content (AvgIpc) is 3.56. The molecule has 3 aromatic heterocycles. The molecule has 7 rings (SSSR count). The summed E-state index contributed by atoms with van der Waals surface area (Å²) >= 11 is 6.16. The molecule has 3 aliphatic rings. The van der Waals surface area contributed by atoms with E-state index < -0.39 is 35.1 Å². The fourth-order valence-electron chi connectivity index (χ4n) is 7.84. The van der Waals surface area contributed by atoms with Crippen LogP contribution in [-0.2, 0) is 23.9 Å². The van der Waals surface area contributed by atoms with Crippen molar-refractivity contribution in [1.82, 2.24) is 29.4 Å². The van der Waals surface area contributed by atoms with Crippen LogP contribution in [0.1, 0.15) is 66.5 Å². The van der Waals surface area contributed by atoms with Crippen molar-refractivity contribution in [3.8, 4) is 5.75 Å². The van der Waals surface area contributed by atoms with Crippen LogP contribution in [0.5, 0.6) is 5.75 Å².